The number of primary sulfonamides is 1. The van der Waals surface area contributed by atoms with E-state index in [1.807, 2.05) is 0 Å². The zero-order valence-electron chi connectivity index (χ0n) is 10.6. The number of aromatic amines is 1. The van der Waals surface area contributed by atoms with Crippen molar-refractivity contribution in [2.24, 2.45) is 5.14 Å². The van der Waals surface area contributed by atoms with E-state index < -0.39 is 15.9 Å². The minimum absolute atomic E-state index is 0.0232. The Balaban J connectivity index is 2.10. The summed E-state index contributed by atoms with van der Waals surface area (Å²) >= 11 is 0. The monoisotopic (exact) mass is 295 g/mol. The fourth-order valence-corrected chi connectivity index (χ4v) is 2.12. The van der Waals surface area contributed by atoms with E-state index in [1.54, 1.807) is 19.1 Å². The van der Waals surface area contributed by atoms with Crippen molar-refractivity contribution in [3.63, 3.8) is 0 Å². The number of hydrogen-bond donors (Lipinski definition) is 3. The first-order valence-corrected chi connectivity index (χ1v) is 7.21. The van der Waals surface area contributed by atoms with Crippen LogP contribution in [0.1, 0.15) is 29.1 Å². The number of amides is 1. The summed E-state index contributed by atoms with van der Waals surface area (Å²) in [5.74, 6) is -0.288. The summed E-state index contributed by atoms with van der Waals surface area (Å²) in [6.45, 7) is 1.76. The molecule has 2 rings (SSSR count). The van der Waals surface area contributed by atoms with Crippen LogP contribution in [0.2, 0.25) is 0 Å². The lowest BCUT2D eigenvalue weighted by atomic mass is 10.1. The number of aromatic nitrogens is 3. The molecule has 1 aromatic carbocycles. The molecule has 0 fully saturated rings. The Kier molecular flexibility index (Phi) is 3.81. The number of benzene rings is 1. The molecule has 106 valence electrons. The lowest BCUT2D eigenvalue weighted by Gasteiger charge is -2.13. The van der Waals surface area contributed by atoms with Crippen molar-refractivity contribution in [2.75, 3.05) is 0 Å². The topological polar surface area (TPSA) is 131 Å². The van der Waals surface area contributed by atoms with E-state index in [-0.39, 0.29) is 16.8 Å². The summed E-state index contributed by atoms with van der Waals surface area (Å²) in [5.41, 5.74) is 0.741. The number of carbonyl (C=O) groups is 1. The smallest absolute Gasteiger partial charge is 0.289 e. The fraction of sp³-hybridized carbons (Fsp3) is 0.182. The predicted molar refractivity (Wildman–Crippen MR) is 70.1 cm³/mol. The minimum Gasteiger partial charge on any atom is -0.343 e. The molecule has 0 spiro atoms. The quantitative estimate of drug-likeness (QED) is 0.727. The molecule has 0 saturated heterocycles. The minimum atomic E-state index is -3.71. The number of nitrogens with zero attached hydrogens (tertiary/aromatic N) is 2. The van der Waals surface area contributed by atoms with Gasteiger partial charge in [-0.15, -0.1) is 0 Å². The van der Waals surface area contributed by atoms with Crippen LogP contribution in [0.25, 0.3) is 0 Å². The lowest BCUT2D eigenvalue weighted by Crippen LogP contribution is -2.27. The number of hydrogen-bond acceptors (Lipinski definition) is 5. The Morgan fingerprint density at radius 3 is 2.50 bits per heavy atom. The highest BCUT2D eigenvalue weighted by Crippen LogP contribution is 2.15. The van der Waals surface area contributed by atoms with Crippen LogP contribution in [0, 0.1) is 0 Å². The summed E-state index contributed by atoms with van der Waals surface area (Å²) in [4.78, 5) is 15.5. The summed E-state index contributed by atoms with van der Waals surface area (Å²) in [7, 11) is -3.71. The molecule has 8 nitrogen and oxygen atoms in total. The molecule has 0 radical (unpaired) electrons. The van der Waals surface area contributed by atoms with Crippen molar-refractivity contribution in [3.8, 4) is 0 Å². The van der Waals surface area contributed by atoms with Crippen molar-refractivity contribution < 1.29 is 13.2 Å². The predicted octanol–water partition coefficient (Wildman–Crippen LogP) is -0.0569. The van der Waals surface area contributed by atoms with Crippen LogP contribution >= 0.6 is 0 Å². The van der Waals surface area contributed by atoms with Gasteiger partial charge in [-0.2, -0.15) is 5.10 Å². The van der Waals surface area contributed by atoms with Gasteiger partial charge in [0.25, 0.3) is 5.91 Å². The molecule has 20 heavy (non-hydrogen) atoms. The molecule has 9 heteroatoms. The normalized spacial score (nSPS) is 12.9. The molecule has 1 atom stereocenters. The number of rotatable bonds is 4. The SMILES string of the molecule is CC(NC(=O)c1ncn[nH]1)c1ccc(S(N)(=O)=O)cc1. The third kappa shape index (κ3) is 3.19. The van der Waals surface area contributed by atoms with E-state index in [0.717, 1.165) is 5.56 Å². The molecule has 0 aliphatic carbocycles. The van der Waals surface area contributed by atoms with Crippen LogP contribution < -0.4 is 10.5 Å². The van der Waals surface area contributed by atoms with Gasteiger partial charge in [0.05, 0.1) is 10.9 Å². The second-order valence-corrected chi connectivity index (χ2v) is 5.70. The average Bonchev–Trinajstić information content (AvgIpc) is 2.91. The highest BCUT2D eigenvalue weighted by atomic mass is 32.2. The number of nitrogens with two attached hydrogens (primary N) is 1. The zero-order chi connectivity index (χ0) is 14.8. The first-order chi connectivity index (χ1) is 9.38. The van der Waals surface area contributed by atoms with E-state index in [2.05, 4.69) is 20.5 Å². The Hall–Kier alpha value is -2.26. The van der Waals surface area contributed by atoms with Gasteiger partial charge in [-0.05, 0) is 24.6 Å². The van der Waals surface area contributed by atoms with E-state index in [9.17, 15) is 13.2 Å². The molecule has 1 unspecified atom stereocenters. The summed E-state index contributed by atoms with van der Waals surface area (Å²) in [5, 5.41) is 13.8. The van der Waals surface area contributed by atoms with E-state index >= 15 is 0 Å². The molecular weight excluding hydrogens is 282 g/mol. The molecule has 0 bridgehead atoms. The van der Waals surface area contributed by atoms with Crippen LogP contribution in [0.15, 0.2) is 35.5 Å². The van der Waals surface area contributed by atoms with Crippen LogP contribution in [0.4, 0.5) is 0 Å². The Labute approximate surface area is 115 Å². The molecule has 4 N–H and O–H groups in total. The molecule has 1 aromatic heterocycles. The maximum absolute atomic E-state index is 11.8. The maximum Gasteiger partial charge on any atom is 0.289 e. The van der Waals surface area contributed by atoms with Crippen molar-refractivity contribution in [3.05, 3.63) is 42.0 Å². The Morgan fingerprint density at radius 1 is 1.35 bits per heavy atom. The molecule has 0 aliphatic heterocycles. The summed E-state index contributed by atoms with van der Waals surface area (Å²) in [6.07, 6.45) is 1.24. The van der Waals surface area contributed by atoms with Gasteiger partial charge in [-0.1, -0.05) is 12.1 Å². The summed E-state index contributed by atoms with van der Waals surface area (Å²) < 4.78 is 22.3. The summed E-state index contributed by atoms with van der Waals surface area (Å²) in [6, 6.07) is 5.64. The van der Waals surface area contributed by atoms with Crippen molar-refractivity contribution in [2.45, 2.75) is 17.9 Å². The number of nitrogens with one attached hydrogen (secondary N) is 2. The van der Waals surface area contributed by atoms with E-state index in [4.69, 9.17) is 5.14 Å². The van der Waals surface area contributed by atoms with Crippen molar-refractivity contribution >= 4 is 15.9 Å². The van der Waals surface area contributed by atoms with Crippen molar-refractivity contribution in [1.82, 2.24) is 20.5 Å². The highest BCUT2D eigenvalue weighted by Gasteiger charge is 2.14. The number of sulfonamides is 1. The third-order valence-corrected chi connectivity index (χ3v) is 3.62. The standard InChI is InChI=1S/C11H13N5O3S/c1-7(15-11(17)10-13-6-14-16-10)8-2-4-9(5-3-8)20(12,18)19/h2-7H,1H3,(H,15,17)(H2,12,18,19)(H,13,14,16). The van der Waals surface area contributed by atoms with Crippen LogP contribution in [-0.4, -0.2) is 29.5 Å². The van der Waals surface area contributed by atoms with E-state index in [1.165, 1.54) is 18.5 Å². The van der Waals surface area contributed by atoms with Gasteiger partial charge in [0.2, 0.25) is 15.8 Å². The molecule has 1 amide bonds. The Bertz CT molecular complexity index is 694. The zero-order valence-corrected chi connectivity index (χ0v) is 11.4. The second kappa shape index (κ2) is 5.39. The van der Waals surface area contributed by atoms with Gasteiger partial charge in [0, 0.05) is 0 Å². The molecule has 0 aliphatic rings. The second-order valence-electron chi connectivity index (χ2n) is 4.14. The van der Waals surface area contributed by atoms with Gasteiger partial charge in [0.1, 0.15) is 6.33 Å². The number of carbonyl (C=O) groups excluding carboxylic acids is 1. The molecule has 2 aromatic rings. The average molecular weight is 295 g/mol. The third-order valence-electron chi connectivity index (χ3n) is 2.69. The molecule has 0 saturated carbocycles. The lowest BCUT2D eigenvalue weighted by molar-refractivity contribution is 0.0930. The van der Waals surface area contributed by atoms with Gasteiger partial charge < -0.3 is 5.32 Å². The number of H-pyrrole nitrogens is 1. The first-order valence-electron chi connectivity index (χ1n) is 5.67. The molecule has 1 heterocycles. The van der Waals surface area contributed by atoms with Crippen LogP contribution in [0.3, 0.4) is 0 Å². The van der Waals surface area contributed by atoms with Gasteiger partial charge in [0.15, 0.2) is 0 Å². The molecular formula is C11H13N5O3S. The highest BCUT2D eigenvalue weighted by molar-refractivity contribution is 7.89. The Morgan fingerprint density at radius 2 is 2.00 bits per heavy atom. The van der Waals surface area contributed by atoms with Gasteiger partial charge >= 0.3 is 0 Å². The largest absolute Gasteiger partial charge is 0.343 e. The van der Waals surface area contributed by atoms with Gasteiger partial charge in [-0.3, -0.25) is 9.89 Å². The first kappa shape index (κ1) is 14.2. The van der Waals surface area contributed by atoms with Crippen LogP contribution in [-0.2, 0) is 10.0 Å². The van der Waals surface area contributed by atoms with Crippen LogP contribution in [0.5, 0.6) is 0 Å². The van der Waals surface area contributed by atoms with Crippen molar-refractivity contribution in [1.29, 1.82) is 0 Å². The van der Waals surface area contributed by atoms with E-state index in [0.29, 0.717) is 0 Å². The van der Waals surface area contributed by atoms with Gasteiger partial charge in [-0.25, -0.2) is 18.5 Å². The maximum atomic E-state index is 11.8. The fourth-order valence-electron chi connectivity index (χ4n) is 1.61.